The molecule has 0 aliphatic heterocycles. The van der Waals surface area contributed by atoms with E-state index in [0.29, 0.717) is 12.0 Å². The zero-order chi connectivity index (χ0) is 14.9. The lowest BCUT2D eigenvalue weighted by atomic mass is 9.93. The molecule has 0 amide bonds. The third-order valence-corrected chi connectivity index (χ3v) is 4.87. The van der Waals surface area contributed by atoms with Gasteiger partial charge in [-0.05, 0) is 55.8 Å². The molecule has 0 saturated heterocycles. The highest BCUT2D eigenvalue weighted by atomic mass is 32.1. The zero-order valence-electron chi connectivity index (χ0n) is 13.1. The first-order valence-corrected chi connectivity index (χ1v) is 8.86. The predicted octanol–water partition coefficient (Wildman–Crippen LogP) is 4.64. The first-order valence-electron chi connectivity index (χ1n) is 7.98. The van der Waals surface area contributed by atoms with Crippen molar-refractivity contribution in [1.29, 1.82) is 0 Å². The number of pyridine rings is 1. The Hall–Kier alpha value is -1.19. The standard InChI is InChI=1S/C18H26N2S/c1-3-12-19-18(11-6-8-16-9-7-14-21-16)15(2)17-10-4-5-13-20-17/h4-5,7,9-10,13-15,18-19H,3,6,8,11-12H2,1-2H3. The molecule has 2 heterocycles. The van der Waals surface area contributed by atoms with E-state index in [0.717, 1.165) is 6.54 Å². The van der Waals surface area contributed by atoms with Gasteiger partial charge in [-0.2, -0.15) is 0 Å². The average Bonchev–Trinajstić information content (AvgIpc) is 3.04. The van der Waals surface area contributed by atoms with Gasteiger partial charge < -0.3 is 5.32 Å². The van der Waals surface area contributed by atoms with Crippen molar-refractivity contribution < 1.29 is 0 Å². The maximum Gasteiger partial charge on any atom is 0.0447 e. The molecule has 0 aromatic carbocycles. The van der Waals surface area contributed by atoms with Gasteiger partial charge in [0.15, 0.2) is 0 Å². The number of aromatic nitrogens is 1. The zero-order valence-corrected chi connectivity index (χ0v) is 13.9. The van der Waals surface area contributed by atoms with Crippen LogP contribution in [0.15, 0.2) is 41.9 Å². The quantitative estimate of drug-likeness (QED) is 0.730. The second-order valence-electron chi connectivity index (χ2n) is 5.58. The van der Waals surface area contributed by atoms with E-state index in [1.165, 1.54) is 36.3 Å². The topological polar surface area (TPSA) is 24.9 Å². The van der Waals surface area contributed by atoms with Crippen molar-refractivity contribution in [2.45, 2.75) is 51.5 Å². The summed E-state index contributed by atoms with van der Waals surface area (Å²) >= 11 is 1.86. The van der Waals surface area contributed by atoms with E-state index >= 15 is 0 Å². The molecule has 0 radical (unpaired) electrons. The Morgan fingerprint density at radius 2 is 2.14 bits per heavy atom. The molecule has 2 atom stereocenters. The largest absolute Gasteiger partial charge is 0.313 e. The first-order chi connectivity index (χ1) is 10.3. The number of nitrogens with one attached hydrogen (secondary N) is 1. The molecule has 0 fully saturated rings. The normalized spacial score (nSPS) is 14.0. The molecule has 2 rings (SSSR count). The number of rotatable bonds is 9. The highest BCUT2D eigenvalue weighted by Crippen LogP contribution is 2.22. The van der Waals surface area contributed by atoms with Gasteiger partial charge in [0.1, 0.15) is 0 Å². The lowest BCUT2D eigenvalue weighted by Crippen LogP contribution is -2.34. The molecule has 0 aliphatic rings. The highest BCUT2D eigenvalue weighted by molar-refractivity contribution is 7.09. The number of hydrogen-bond acceptors (Lipinski definition) is 3. The minimum atomic E-state index is 0.459. The molecule has 0 aliphatic carbocycles. The Bertz CT molecular complexity index is 481. The van der Waals surface area contributed by atoms with Gasteiger partial charge in [0.05, 0.1) is 0 Å². The van der Waals surface area contributed by atoms with Crippen LogP contribution in [0.1, 0.15) is 49.6 Å². The van der Waals surface area contributed by atoms with E-state index in [1.807, 2.05) is 23.6 Å². The lowest BCUT2D eigenvalue weighted by Gasteiger charge is -2.25. The summed E-state index contributed by atoms with van der Waals surface area (Å²) in [6, 6.07) is 11.1. The van der Waals surface area contributed by atoms with E-state index in [-0.39, 0.29) is 0 Å². The maximum absolute atomic E-state index is 4.53. The van der Waals surface area contributed by atoms with Crippen molar-refractivity contribution in [2.24, 2.45) is 0 Å². The summed E-state index contributed by atoms with van der Waals surface area (Å²) < 4.78 is 0. The monoisotopic (exact) mass is 302 g/mol. The van der Waals surface area contributed by atoms with Crippen molar-refractivity contribution in [3.8, 4) is 0 Å². The van der Waals surface area contributed by atoms with E-state index in [2.05, 4.69) is 53.8 Å². The van der Waals surface area contributed by atoms with Crippen molar-refractivity contribution >= 4 is 11.3 Å². The van der Waals surface area contributed by atoms with Crippen LogP contribution in [0.2, 0.25) is 0 Å². The van der Waals surface area contributed by atoms with Crippen LogP contribution in [0.25, 0.3) is 0 Å². The third-order valence-electron chi connectivity index (χ3n) is 3.93. The van der Waals surface area contributed by atoms with E-state index in [4.69, 9.17) is 0 Å². The van der Waals surface area contributed by atoms with Crippen molar-refractivity contribution in [3.63, 3.8) is 0 Å². The minimum absolute atomic E-state index is 0.459. The van der Waals surface area contributed by atoms with Crippen LogP contribution in [0.3, 0.4) is 0 Å². The first kappa shape index (κ1) is 16.2. The van der Waals surface area contributed by atoms with Crippen molar-refractivity contribution in [2.75, 3.05) is 6.54 Å². The van der Waals surface area contributed by atoms with Gasteiger partial charge in [-0.1, -0.05) is 26.0 Å². The van der Waals surface area contributed by atoms with Crippen LogP contribution in [0.5, 0.6) is 0 Å². The molecule has 1 N–H and O–H groups in total. The van der Waals surface area contributed by atoms with Gasteiger partial charge >= 0.3 is 0 Å². The fourth-order valence-corrected chi connectivity index (χ4v) is 3.41. The number of nitrogens with zero attached hydrogens (tertiary/aromatic N) is 1. The second kappa shape index (κ2) is 8.96. The molecule has 21 heavy (non-hydrogen) atoms. The van der Waals surface area contributed by atoms with E-state index < -0.39 is 0 Å². The summed E-state index contributed by atoms with van der Waals surface area (Å²) in [5.74, 6) is 0.459. The SMILES string of the molecule is CCCNC(CCCc1cccs1)C(C)c1ccccn1. The van der Waals surface area contributed by atoms with Crippen LogP contribution < -0.4 is 5.32 Å². The molecule has 2 nitrogen and oxygen atoms in total. The molecular weight excluding hydrogens is 276 g/mol. The Balaban J connectivity index is 1.90. The fourth-order valence-electron chi connectivity index (χ4n) is 2.66. The Labute approximate surface area is 132 Å². The Kier molecular flexibility index (Phi) is 6.90. The van der Waals surface area contributed by atoms with Gasteiger partial charge in [-0.25, -0.2) is 0 Å². The molecule has 0 saturated carbocycles. The van der Waals surface area contributed by atoms with Crippen molar-refractivity contribution in [3.05, 3.63) is 52.5 Å². The van der Waals surface area contributed by atoms with Gasteiger partial charge in [0.25, 0.3) is 0 Å². The smallest absolute Gasteiger partial charge is 0.0447 e. The maximum atomic E-state index is 4.53. The summed E-state index contributed by atoms with van der Waals surface area (Å²) in [4.78, 5) is 6.02. The summed E-state index contributed by atoms with van der Waals surface area (Å²) in [5, 5.41) is 5.88. The van der Waals surface area contributed by atoms with Crippen molar-refractivity contribution in [1.82, 2.24) is 10.3 Å². The summed E-state index contributed by atoms with van der Waals surface area (Å²) in [5.41, 5.74) is 1.20. The molecule has 2 aromatic heterocycles. The average molecular weight is 302 g/mol. The lowest BCUT2D eigenvalue weighted by molar-refractivity contribution is 0.410. The highest BCUT2D eigenvalue weighted by Gasteiger charge is 2.18. The van der Waals surface area contributed by atoms with Gasteiger partial charge in [-0.3, -0.25) is 4.98 Å². The Morgan fingerprint density at radius 3 is 2.81 bits per heavy atom. The van der Waals surface area contributed by atoms with E-state index in [9.17, 15) is 0 Å². The molecular formula is C18H26N2S. The molecule has 2 unspecified atom stereocenters. The fraction of sp³-hybridized carbons (Fsp3) is 0.500. The molecule has 114 valence electrons. The van der Waals surface area contributed by atoms with Crippen LogP contribution in [-0.4, -0.2) is 17.6 Å². The van der Waals surface area contributed by atoms with Crippen LogP contribution >= 0.6 is 11.3 Å². The third kappa shape index (κ3) is 5.25. The number of hydrogen-bond donors (Lipinski definition) is 1. The second-order valence-corrected chi connectivity index (χ2v) is 6.61. The number of aryl methyl sites for hydroxylation is 1. The van der Waals surface area contributed by atoms with Gasteiger partial charge in [0, 0.05) is 28.7 Å². The van der Waals surface area contributed by atoms with Gasteiger partial charge in [-0.15, -0.1) is 11.3 Å². The van der Waals surface area contributed by atoms with Gasteiger partial charge in [0.2, 0.25) is 0 Å². The predicted molar refractivity (Wildman–Crippen MR) is 92.0 cm³/mol. The van der Waals surface area contributed by atoms with Crippen LogP contribution in [-0.2, 0) is 6.42 Å². The van der Waals surface area contributed by atoms with Crippen LogP contribution in [0.4, 0.5) is 0 Å². The minimum Gasteiger partial charge on any atom is -0.313 e. The van der Waals surface area contributed by atoms with E-state index in [1.54, 1.807) is 0 Å². The number of thiophene rings is 1. The molecule has 0 bridgehead atoms. The Morgan fingerprint density at radius 1 is 1.24 bits per heavy atom. The summed E-state index contributed by atoms with van der Waals surface area (Å²) in [7, 11) is 0. The summed E-state index contributed by atoms with van der Waals surface area (Å²) in [6.45, 7) is 5.60. The van der Waals surface area contributed by atoms with Crippen LogP contribution in [0, 0.1) is 0 Å². The molecule has 2 aromatic rings. The molecule has 3 heteroatoms. The summed E-state index contributed by atoms with van der Waals surface area (Å²) in [6.07, 6.45) is 6.70. The molecule has 0 spiro atoms.